The van der Waals surface area contributed by atoms with Gasteiger partial charge in [0.2, 0.25) is 11.8 Å². The smallest absolute Gasteiger partial charge is 0.303 e. The lowest BCUT2D eigenvalue weighted by atomic mass is 10.1. The SMILES string of the molecule is O=C(O)CCCCNC(=O)C1CC(=O)N(c2ccc(F)cc2F)C1. The van der Waals surface area contributed by atoms with Crippen molar-refractivity contribution in [2.75, 3.05) is 18.0 Å². The Hall–Kier alpha value is -2.51. The molecular formula is C16H18F2N2O4. The Balaban J connectivity index is 1.87. The highest BCUT2D eigenvalue weighted by Crippen LogP contribution is 2.27. The van der Waals surface area contributed by atoms with E-state index in [1.807, 2.05) is 0 Å². The molecular weight excluding hydrogens is 322 g/mol. The maximum Gasteiger partial charge on any atom is 0.303 e. The molecule has 6 nitrogen and oxygen atoms in total. The average molecular weight is 340 g/mol. The van der Waals surface area contributed by atoms with E-state index in [1.54, 1.807) is 0 Å². The second-order valence-electron chi connectivity index (χ2n) is 5.64. The van der Waals surface area contributed by atoms with Crippen molar-refractivity contribution < 1.29 is 28.3 Å². The maximum absolute atomic E-state index is 13.8. The number of hydrogen-bond acceptors (Lipinski definition) is 3. The predicted molar refractivity (Wildman–Crippen MR) is 81.3 cm³/mol. The van der Waals surface area contributed by atoms with E-state index in [1.165, 1.54) is 6.07 Å². The Morgan fingerprint density at radius 3 is 2.71 bits per heavy atom. The molecule has 1 aromatic rings. The molecule has 2 rings (SSSR count). The third kappa shape index (κ3) is 4.50. The Morgan fingerprint density at radius 2 is 2.04 bits per heavy atom. The van der Waals surface area contributed by atoms with E-state index in [0.29, 0.717) is 25.5 Å². The van der Waals surface area contributed by atoms with E-state index in [0.717, 1.165) is 11.0 Å². The third-order valence-electron chi connectivity index (χ3n) is 3.81. The van der Waals surface area contributed by atoms with E-state index >= 15 is 0 Å². The van der Waals surface area contributed by atoms with Crippen LogP contribution in [0.15, 0.2) is 18.2 Å². The first-order chi connectivity index (χ1) is 11.4. The van der Waals surface area contributed by atoms with Crippen LogP contribution in [0.3, 0.4) is 0 Å². The minimum absolute atomic E-state index is 0.0301. The number of carbonyl (C=O) groups is 3. The van der Waals surface area contributed by atoms with Crippen LogP contribution in [0, 0.1) is 17.6 Å². The van der Waals surface area contributed by atoms with Gasteiger partial charge in [-0.1, -0.05) is 0 Å². The number of hydrogen-bond donors (Lipinski definition) is 2. The standard InChI is InChI=1S/C16H18F2N2O4/c17-11-4-5-13(12(18)8-11)20-9-10(7-14(20)21)16(24)19-6-2-1-3-15(22)23/h4-5,8,10H,1-3,6-7,9H2,(H,19,24)(H,22,23). The van der Waals surface area contributed by atoms with E-state index in [9.17, 15) is 23.2 Å². The molecule has 0 radical (unpaired) electrons. The molecule has 130 valence electrons. The molecule has 2 amide bonds. The predicted octanol–water partition coefficient (Wildman–Crippen LogP) is 1.69. The van der Waals surface area contributed by atoms with Crippen LogP contribution < -0.4 is 10.2 Å². The molecule has 2 N–H and O–H groups in total. The Labute approximate surface area is 137 Å². The maximum atomic E-state index is 13.8. The lowest BCUT2D eigenvalue weighted by Crippen LogP contribution is -2.33. The molecule has 24 heavy (non-hydrogen) atoms. The number of unbranched alkanes of at least 4 members (excludes halogenated alkanes) is 1. The van der Waals surface area contributed by atoms with Crippen LogP contribution >= 0.6 is 0 Å². The number of nitrogens with one attached hydrogen (secondary N) is 1. The van der Waals surface area contributed by atoms with Gasteiger partial charge in [0.25, 0.3) is 0 Å². The van der Waals surface area contributed by atoms with Crippen LogP contribution in [0.4, 0.5) is 14.5 Å². The van der Waals surface area contributed by atoms with E-state index < -0.39 is 29.4 Å². The number of halogens is 2. The molecule has 1 heterocycles. The molecule has 0 aromatic heterocycles. The van der Waals surface area contributed by atoms with Crippen molar-refractivity contribution in [1.82, 2.24) is 5.32 Å². The number of aliphatic carboxylic acids is 1. The first-order valence-electron chi connectivity index (χ1n) is 7.63. The van der Waals surface area contributed by atoms with Gasteiger partial charge in [0.15, 0.2) is 0 Å². The summed E-state index contributed by atoms with van der Waals surface area (Å²) in [5.41, 5.74) is -0.0434. The highest BCUT2D eigenvalue weighted by Gasteiger charge is 2.36. The van der Waals surface area contributed by atoms with E-state index in [-0.39, 0.29) is 31.0 Å². The molecule has 8 heteroatoms. The average Bonchev–Trinajstić information content (AvgIpc) is 2.88. The minimum Gasteiger partial charge on any atom is -0.481 e. The van der Waals surface area contributed by atoms with Gasteiger partial charge in [-0.3, -0.25) is 14.4 Å². The van der Waals surface area contributed by atoms with E-state index in [4.69, 9.17) is 5.11 Å². The van der Waals surface area contributed by atoms with Gasteiger partial charge in [-0.15, -0.1) is 0 Å². The lowest BCUT2D eigenvalue weighted by Gasteiger charge is -2.17. The minimum atomic E-state index is -0.889. The molecule has 0 bridgehead atoms. The number of carbonyl (C=O) groups excluding carboxylic acids is 2. The van der Waals surface area contributed by atoms with Crippen LogP contribution in [0.5, 0.6) is 0 Å². The second-order valence-corrected chi connectivity index (χ2v) is 5.64. The number of rotatable bonds is 7. The zero-order chi connectivity index (χ0) is 17.7. The van der Waals surface area contributed by atoms with Gasteiger partial charge in [-0.2, -0.15) is 0 Å². The van der Waals surface area contributed by atoms with Crippen molar-refractivity contribution in [2.24, 2.45) is 5.92 Å². The first-order valence-corrected chi connectivity index (χ1v) is 7.63. The molecule has 1 unspecified atom stereocenters. The van der Waals surface area contributed by atoms with E-state index in [2.05, 4.69) is 5.32 Å². The van der Waals surface area contributed by atoms with Gasteiger partial charge in [-0.25, -0.2) is 8.78 Å². The molecule has 1 saturated heterocycles. The van der Waals surface area contributed by atoms with Crippen molar-refractivity contribution >= 4 is 23.5 Å². The van der Waals surface area contributed by atoms with Crippen molar-refractivity contribution in [2.45, 2.75) is 25.7 Å². The summed E-state index contributed by atoms with van der Waals surface area (Å²) in [4.78, 5) is 35.6. The zero-order valence-electron chi connectivity index (χ0n) is 12.9. The van der Waals surface area contributed by atoms with Gasteiger partial charge in [-0.05, 0) is 25.0 Å². The van der Waals surface area contributed by atoms with Crippen LogP contribution in [-0.4, -0.2) is 36.0 Å². The van der Waals surface area contributed by atoms with Gasteiger partial charge in [0, 0.05) is 32.0 Å². The van der Waals surface area contributed by atoms with Crippen molar-refractivity contribution in [3.8, 4) is 0 Å². The Morgan fingerprint density at radius 1 is 1.29 bits per heavy atom. The monoisotopic (exact) mass is 340 g/mol. The van der Waals surface area contributed by atoms with Crippen LogP contribution in [0.1, 0.15) is 25.7 Å². The number of nitrogens with zero attached hydrogens (tertiary/aromatic N) is 1. The number of carboxylic acids is 1. The topological polar surface area (TPSA) is 86.7 Å². The largest absolute Gasteiger partial charge is 0.481 e. The summed E-state index contributed by atoms with van der Waals surface area (Å²) in [7, 11) is 0. The lowest BCUT2D eigenvalue weighted by molar-refractivity contribution is -0.137. The van der Waals surface area contributed by atoms with Crippen molar-refractivity contribution in [3.63, 3.8) is 0 Å². The van der Waals surface area contributed by atoms with Gasteiger partial charge >= 0.3 is 5.97 Å². The molecule has 1 aliphatic heterocycles. The first kappa shape index (κ1) is 17.8. The third-order valence-corrected chi connectivity index (χ3v) is 3.81. The molecule has 0 aliphatic carbocycles. The van der Waals surface area contributed by atoms with Crippen LogP contribution in [0.2, 0.25) is 0 Å². The molecule has 1 aliphatic rings. The number of anilines is 1. The second kappa shape index (κ2) is 7.85. The highest BCUT2D eigenvalue weighted by atomic mass is 19.1. The van der Waals surface area contributed by atoms with Gasteiger partial charge in [0.1, 0.15) is 11.6 Å². The van der Waals surface area contributed by atoms with Crippen LogP contribution in [-0.2, 0) is 14.4 Å². The number of carboxylic acid groups (broad SMARTS) is 1. The summed E-state index contributed by atoms with van der Waals surface area (Å²) in [5, 5.41) is 11.2. The zero-order valence-corrected chi connectivity index (χ0v) is 12.9. The summed E-state index contributed by atoms with van der Waals surface area (Å²) < 4.78 is 26.7. The fourth-order valence-corrected chi connectivity index (χ4v) is 2.57. The normalized spacial score (nSPS) is 17.2. The molecule has 1 fully saturated rings. The van der Waals surface area contributed by atoms with Gasteiger partial charge in [0.05, 0.1) is 11.6 Å². The molecule has 1 atom stereocenters. The molecule has 0 spiro atoms. The summed E-state index contributed by atoms with van der Waals surface area (Å²) in [5.74, 6) is -3.81. The van der Waals surface area contributed by atoms with Gasteiger partial charge < -0.3 is 15.3 Å². The summed E-state index contributed by atoms with van der Waals surface area (Å²) in [6.07, 6.45) is 0.967. The summed E-state index contributed by atoms with van der Waals surface area (Å²) in [6.45, 7) is 0.351. The summed E-state index contributed by atoms with van der Waals surface area (Å²) in [6, 6.07) is 2.93. The molecule has 0 saturated carbocycles. The highest BCUT2D eigenvalue weighted by molar-refractivity contribution is 6.00. The van der Waals surface area contributed by atoms with Crippen LogP contribution in [0.25, 0.3) is 0 Å². The molecule has 1 aromatic carbocycles. The Bertz CT molecular complexity index is 651. The van der Waals surface area contributed by atoms with Crippen molar-refractivity contribution in [1.29, 1.82) is 0 Å². The number of amides is 2. The summed E-state index contributed by atoms with van der Waals surface area (Å²) >= 11 is 0. The Kier molecular flexibility index (Phi) is 5.83. The quantitative estimate of drug-likeness (QED) is 0.740. The van der Waals surface area contributed by atoms with Crippen molar-refractivity contribution in [3.05, 3.63) is 29.8 Å². The number of benzene rings is 1. The fraction of sp³-hybridized carbons (Fsp3) is 0.438. The fourth-order valence-electron chi connectivity index (χ4n) is 2.57.